The predicted molar refractivity (Wildman–Crippen MR) is 121 cm³/mol. The molecule has 0 unspecified atom stereocenters. The fourth-order valence-corrected chi connectivity index (χ4v) is 3.41. The number of nitrogens with zero attached hydrogens (tertiary/aromatic N) is 2. The van der Waals surface area contributed by atoms with Crippen LogP contribution in [0.15, 0.2) is 60.7 Å². The van der Waals surface area contributed by atoms with E-state index in [0.717, 1.165) is 44.8 Å². The van der Waals surface area contributed by atoms with Crippen molar-refractivity contribution in [3.63, 3.8) is 0 Å². The van der Waals surface area contributed by atoms with Gasteiger partial charge in [0.25, 0.3) is 5.91 Å². The molecular formula is C24H30N4O3. The standard InChI is InChI=1S/C24H30N4O3/c25-23(29)19-31-22-9-6-20(7-10-22)8-11-24(30)26-12-13-27-14-16-28(17-15-27)18-21-4-2-1-3-5-21/h1-11H,12-19H2,(H2,25,29)(H,26,30). The van der Waals surface area contributed by atoms with E-state index in [1.54, 1.807) is 18.2 Å². The van der Waals surface area contributed by atoms with Crippen molar-refractivity contribution in [3.05, 3.63) is 71.8 Å². The highest BCUT2D eigenvalue weighted by atomic mass is 16.5. The van der Waals surface area contributed by atoms with Crippen LogP contribution >= 0.6 is 0 Å². The molecule has 3 rings (SSSR count). The molecule has 2 aromatic carbocycles. The van der Waals surface area contributed by atoms with Gasteiger partial charge in [0.05, 0.1) is 0 Å². The Kier molecular flexibility index (Phi) is 8.63. The molecule has 0 aromatic heterocycles. The average molecular weight is 423 g/mol. The minimum Gasteiger partial charge on any atom is -0.484 e. The van der Waals surface area contributed by atoms with Gasteiger partial charge in [0.15, 0.2) is 6.61 Å². The van der Waals surface area contributed by atoms with Crippen molar-refractivity contribution in [3.8, 4) is 5.75 Å². The number of carbonyl (C=O) groups excluding carboxylic acids is 2. The molecule has 0 aliphatic carbocycles. The van der Waals surface area contributed by atoms with Crippen molar-refractivity contribution in [1.82, 2.24) is 15.1 Å². The molecule has 164 valence electrons. The van der Waals surface area contributed by atoms with Gasteiger partial charge in [-0.3, -0.25) is 19.4 Å². The van der Waals surface area contributed by atoms with Crippen LogP contribution in [0.25, 0.3) is 6.08 Å². The Balaban J connectivity index is 1.31. The van der Waals surface area contributed by atoms with Gasteiger partial charge in [-0.15, -0.1) is 0 Å². The van der Waals surface area contributed by atoms with Crippen LogP contribution in [0.5, 0.6) is 5.75 Å². The summed E-state index contributed by atoms with van der Waals surface area (Å²) in [6.45, 7) is 6.44. The summed E-state index contributed by atoms with van der Waals surface area (Å²) in [7, 11) is 0. The van der Waals surface area contributed by atoms with Crippen LogP contribution in [0.3, 0.4) is 0 Å². The number of nitrogens with one attached hydrogen (secondary N) is 1. The third kappa shape index (κ3) is 8.24. The highest BCUT2D eigenvalue weighted by Crippen LogP contribution is 2.13. The number of amides is 2. The van der Waals surface area contributed by atoms with E-state index in [1.807, 2.05) is 18.2 Å². The molecule has 7 nitrogen and oxygen atoms in total. The Morgan fingerprint density at radius 2 is 1.65 bits per heavy atom. The fraction of sp³-hybridized carbons (Fsp3) is 0.333. The zero-order valence-corrected chi connectivity index (χ0v) is 17.7. The molecule has 1 aliphatic heterocycles. The lowest BCUT2D eigenvalue weighted by Gasteiger charge is -2.34. The summed E-state index contributed by atoms with van der Waals surface area (Å²) in [6, 6.07) is 17.6. The van der Waals surface area contributed by atoms with E-state index in [1.165, 1.54) is 11.6 Å². The molecule has 31 heavy (non-hydrogen) atoms. The second-order valence-corrected chi connectivity index (χ2v) is 7.55. The van der Waals surface area contributed by atoms with E-state index in [-0.39, 0.29) is 12.5 Å². The minimum atomic E-state index is -0.519. The van der Waals surface area contributed by atoms with Gasteiger partial charge in [0, 0.05) is 51.9 Å². The summed E-state index contributed by atoms with van der Waals surface area (Å²) < 4.78 is 5.21. The van der Waals surface area contributed by atoms with Gasteiger partial charge in [-0.2, -0.15) is 0 Å². The van der Waals surface area contributed by atoms with E-state index in [9.17, 15) is 9.59 Å². The van der Waals surface area contributed by atoms with Gasteiger partial charge < -0.3 is 15.8 Å². The summed E-state index contributed by atoms with van der Waals surface area (Å²) >= 11 is 0. The molecule has 1 fully saturated rings. The zero-order valence-electron chi connectivity index (χ0n) is 17.7. The topological polar surface area (TPSA) is 87.9 Å². The fourth-order valence-electron chi connectivity index (χ4n) is 3.41. The summed E-state index contributed by atoms with van der Waals surface area (Å²) in [6.07, 6.45) is 3.27. The summed E-state index contributed by atoms with van der Waals surface area (Å²) in [5, 5.41) is 2.94. The molecule has 1 heterocycles. The van der Waals surface area contributed by atoms with E-state index in [0.29, 0.717) is 12.3 Å². The Labute approximate surface area is 183 Å². The van der Waals surface area contributed by atoms with Crippen molar-refractivity contribution in [2.24, 2.45) is 5.73 Å². The van der Waals surface area contributed by atoms with Crippen LogP contribution in [0.1, 0.15) is 11.1 Å². The molecule has 2 amide bonds. The van der Waals surface area contributed by atoms with Gasteiger partial charge in [0.1, 0.15) is 5.75 Å². The summed E-state index contributed by atoms with van der Waals surface area (Å²) in [5.41, 5.74) is 7.27. The van der Waals surface area contributed by atoms with Crippen LogP contribution in [0.2, 0.25) is 0 Å². The quantitative estimate of drug-likeness (QED) is 0.567. The maximum absolute atomic E-state index is 12.1. The van der Waals surface area contributed by atoms with Crippen molar-refractivity contribution < 1.29 is 14.3 Å². The molecule has 0 spiro atoms. The Morgan fingerprint density at radius 1 is 0.968 bits per heavy atom. The number of carbonyl (C=O) groups is 2. The third-order valence-electron chi connectivity index (χ3n) is 5.13. The van der Waals surface area contributed by atoms with Crippen molar-refractivity contribution in [1.29, 1.82) is 0 Å². The lowest BCUT2D eigenvalue weighted by atomic mass is 10.2. The SMILES string of the molecule is NC(=O)COc1ccc(C=CC(=O)NCCN2CCN(Cc3ccccc3)CC2)cc1. The van der Waals surface area contributed by atoms with Gasteiger partial charge in [-0.25, -0.2) is 0 Å². The normalized spacial score (nSPS) is 15.1. The predicted octanol–water partition coefficient (Wildman–Crippen LogP) is 1.50. The first-order valence-electron chi connectivity index (χ1n) is 10.5. The first kappa shape index (κ1) is 22.5. The number of benzene rings is 2. The highest BCUT2D eigenvalue weighted by Gasteiger charge is 2.16. The van der Waals surface area contributed by atoms with Crippen molar-refractivity contribution >= 4 is 17.9 Å². The van der Waals surface area contributed by atoms with Crippen molar-refractivity contribution in [2.45, 2.75) is 6.54 Å². The maximum atomic E-state index is 12.1. The molecule has 1 saturated heterocycles. The van der Waals surface area contributed by atoms with Crippen LogP contribution < -0.4 is 15.8 Å². The van der Waals surface area contributed by atoms with Crippen LogP contribution in [0, 0.1) is 0 Å². The summed E-state index contributed by atoms with van der Waals surface area (Å²) in [4.78, 5) is 27.6. The molecular weight excluding hydrogens is 392 g/mol. The smallest absolute Gasteiger partial charge is 0.255 e. The average Bonchev–Trinajstić information content (AvgIpc) is 2.79. The van der Waals surface area contributed by atoms with E-state index in [4.69, 9.17) is 10.5 Å². The van der Waals surface area contributed by atoms with E-state index < -0.39 is 5.91 Å². The number of hydrogen-bond acceptors (Lipinski definition) is 5. The highest BCUT2D eigenvalue weighted by molar-refractivity contribution is 5.91. The molecule has 0 atom stereocenters. The lowest BCUT2D eigenvalue weighted by Crippen LogP contribution is -2.47. The second-order valence-electron chi connectivity index (χ2n) is 7.55. The molecule has 0 radical (unpaired) electrons. The van der Waals surface area contributed by atoms with Gasteiger partial charge in [-0.05, 0) is 29.3 Å². The monoisotopic (exact) mass is 422 g/mol. The second kappa shape index (κ2) is 11.9. The Bertz CT molecular complexity index is 860. The van der Waals surface area contributed by atoms with Crippen LogP contribution in [0.4, 0.5) is 0 Å². The lowest BCUT2D eigenvalue weighted by molar-refractivity contribution is -0.120. The number of hydrogen-bond donors (Lipinski definition) is 2. The number of rotatable bonds is 10. The maximum Gasteiger partial charge on any atom is 0.255 e. The van der Waals surface area contributed by atoms with Gasteiger partial charge >= 0.3 is 0 Å². The molecule has 3 N–H and O–H groups in total. The summed E-state index contributed by atoms with van der Waals surface area (Å²) in [5.74, 6) is -0.0734. The number of ether oxygens (including phenoxy) is 1. The Hall–Kier alpha value is -3.16. The van der Waals surface area contributed by atoms with Gasteiger partial charge in [-0.1, -0.05) is 42.5 Å². The molecule has 0 saturated carbocycles. The number of nitrogens with two attached hydrogens (primary N) is 1. The van der Waals surface area contributed by atoms with Crippen LogP contribution in [-0.4, -0.2) is 67.5 Å². The molecule has 1 aliphatic rings. The first-order valence-corrected chi connectivity index (χ1v) is 10.5. The Morgan fingerprint density at radius 3 is 2.32 bits per heavy atom. The number of primary amides is 1. The third-order valence-corrected chi connectivity index (χ3v) is 5.13. The number of piperazine rings is 1. The van der Waals surface area contributed by atoms with E-state index >= 15 is 0 Å². The minimum absolute atomic E-state index is 0.114. The van der Waals surface area contributed by atoms with Gasteiger partial charge in [0.2, 0.25) is 5.91 Å². The first-order chi connectivity index (χ1) is 15.1. The molecule has 0 bridgehead atoms. The zero-order chi connectivity index (χ0) is 21.9. The molecule has 7 heteroatoms. The van der Waals surface area contributed by atoms with E-state index in [2.05, 4.69) is 39.4 Å². The van der Waals surface area contributed by atoms with Crippen LogP contribution in [-0.2, 0) is 16.1 Å². The van der Waals surface area contributed by atoms with Crippen molar-refractivity contribution in [2.75, 3.05) is 45.9 Å². The largest absolute Gasteiger partial charge is 0.484 e. The molecule has 2 aromatic rings.